The first-order valence-electron chi connectivity index (χ1n) is 7.52. The van der Waals surface area contributed by atoms with Gasteiger partial charge in [-0.3, -0.25) is 4.79 Å². The molecule has 6 nitrogen and oxygen atoms in total. The molecule has 0 aliphatic heterocycles. The van der Waals surface area contributed by atoms with E-state index in [1.54, 1.807) is 0 Å². The van der Waals surface area contributed by atoms with Crippen LogP contribution in [-0.4, -0.2) is 27.1 Å². The average Bonchev–Trinajstić information content (AvgIpc) is 3.27. The molecular formula is C16H16N4O2. The van der Waals surface area contributed by atoms with E-state index in [0.717, 1.165) is 42.1 Å². The molecule has 1 aliphatic rings. The molecule has 1 aliphatic carbocycles. The topological polar surface area (TPSA) is 83.8 Å². The van der Waals surface area contributed by atoms with Crippen LogP contribution in [0.4, 0.5) is 0 Å². The molecule has 112 valence electrons. The Balaban J connectivity index is 1.59. The standard InChI is InChI=1S/C16H16N4O2/c21-15(18-10-5-1-2-6-10)16-19-14(20-22-16)12-9-17-13-8-4-3-7-11(12)13/h3-4,7-10,17H,1-2,5-6H2,(H,18,21). The van der Waals surface area contributed by atoms with Crippen molar-refractivity contribution >= 4 is 16.8 Å². The number of hydrogen-bond acceptors (Lipinski definition) is 4. The van der Waals surface area contributed by atoms with Gasteiger partial charge < -0.3 is 14.8 Å². The largest absolute Gasteiger partial charge is 0.360 e. The van der Waals surface area contributed by atoms with E-state index in [2.05, 4.69) is 20.4 Å². The highest BCUT2D eigenvalue weighted by atomic mass is 16.5. The van der Waals surface area contributed by atoms with Crippen molar-refractivity contribution in [2.75, 3.05) is 0 Å². The van der Waals surface area contributed by atoms with Gasteiger partial charge in [-0.05, 0) is 18.9 Å². The molecular weight excluding hydrogens is 280 g/mol. The number of para-hydroxylation sites is 1. The Morgan fingerprint density at radius 1 is 1.27 bits per heavy atom. The third-order valence-corrected chi connectivity index (χ3v) is 4.14. The van der Waals surface area contributed by atoms with Gasteiger partial charge in [-0.1, -0.05) is 36.2 Å². The summed E-state index contributed by atoms with van der Waals surface area (Å²) in [5, 5.41) is 7.89. The second kappa shape index (κ2) is 5.29. The van der Waals surface area contributed by atoms with Crippen LogP contribution < -0.4 is 5.32 Å². The van der Waals surface area contributed by atoms with Gasteiger partial charge in [0.2, 0.25) is 5.82 Å². The molecule has 0 unspecified atom stereocenters. The van der Waals surface area contributed by atoms with Gasteiger partial charge in [0.05, 0.1) is 0 Å². The van der Waals surface area contributed by atoms with Crippen molar-refractivity contribution in [1.82, 2.24) is 20.4 Å². The van der Waals surface area contributed by atoms with Crippen LogP contribution in [0, 0.1) is 0 Å². The third kappa shape index (κ3) is 2.26. The van der Waals surface area contributed by atoms with Gasteiger partial charge >= 0.3 is 11.8 Å². The van der Waals surface area contributed by atoms with E-state index in [4.69, 9.17) is 4.52 Å². The van der Waals surface area contributed by atoms with Crippen LogP contribution >= 0.6 is 0 Å². The maximum atomic E-state index is 12.1. The fourth-order valence-corrected chi connectivity index (χ4v) is 3.00. The fourth-order valence-electron chi connectivity index (χ4n) is 3.00. The summed E-state index contributed by atoms with van der Waals surface area (Å²) in [6.07, 6.45) is 6.20. The lowest BCUT2D eigenvalue weighted by Gasteiger charge is -2.08. The van der Waals surface area contributed by atoms with Gasteiger partial charge in [0.1, 0.15) is 0 Å². The first-order chi connectivity index (χ1) is 10.8. The van der Waals surface area contributed by atoms with Gasteiger partial charge in [0, 0.05) is 28.7 Å². The molecule has 2 heterocycles. The summed E-state index contributed by atoms with van der Waals surface area (Å²) in [5.41, 5.74) is 1.83. The van der Waals surface area contributed by atoms with Crippen LogP contribution in [-0.2, 0) is 0 Å². The van der Waals surface area contributed by atoms with E-state index >= 15 is 0 Å². The monoisotopic (exact) mass is 296 g/mol. The fraction of sp³-hybridized carbons (Fsp3) is 0.312. The predicted octanol–water partition coefficient (Wildman–Crippen LogP) is 2.89. The van der Waals surface area contributed by atoms with Crippen LogP contribution in [0.15, 0.2) is 35.0 Å². The molecule has 1 aromatic carbocycles. The number of H-pyrrole nitrogens is 1. The summed E-state index contributed by atoms with van der Waals surface area (Å²) in [6.45, 7) is 0. The number of nitrogens with one attached hydrogen (secondary N) is 2. The predicted molar refractivity (Wildman–Crippen MR) is 81.3 cm³/mol. The highest BCUT2D eigenvalue weighted by molar-refractivity contribution is 5.95. The molecule has 1 saturated carbocycles. The van der Waals surface area contributed by atoms with Gasteiger partial charge in [0.25, 0.3) is 0 Å². The number of benzene rings is 1. The third-order valence-electron chi connectivity index (χ3n) is 4.14. The zero-order chi connectivity index (χ0) is 14.9. The minimum atomic E-state index is -0.287. The Labute approximate surface area is 126 Å². The Kier molecular flexibility index (Phi) is 3.14. The molecule has 0 radical (unpaired) electrons. The summed E-state index contributed by atoms with van der Waals surface area (Å²) in [7, 11) is 0. The van der Waals surface area contributed by atoms with Crippen molar-refractivity contribution in [3.63, 3.8) is 0 Å². The van der Waals surface area contributed by atoms with Crippen molar-refractivity contribution in [3.05, 3.63) is 36.4 Å². The second-order valence-electron chi connectivity index (χ2n) is 5.63. The van der Waals surface area contributed by atoms with Crippen LogP contribution in [0.5, 0.6) is 0 Å². The van der Waals surface area contributed by atoms with E-state index in [0.29, 0.717) is 5.82 Å². The molecule has 6 heteroatoms. The Morgan fingerprint density at radius 2 is 2.09 bits per heavy atom. The maximum absolute atomic E-state index is 12.1. The Hall–Kier alpha value is -2.63. The molecule has 0 spiro atoms. The van der Waals surface area contributed by atoms with Gasteiger partial charge in [-0.2, -0.15) is 4.98 Å². The highest BCUT2D eigenvalue weighted by Crippen LogP contribution is 2.26. The van der Waals surface area contributed by atoms with E-state index in [1.165, 1.54) is 0 Å². The quantitative estimate of drug-likeness (QED) is 0.778. The summed E-state index contributed by atoms with van der Waals surface area (Å²) >= 11 is 0. The summed E-state index contributed by atoms with van der Waals surface area (Å²) in [5.74, 6) is 0.159. The molecule has 0 atom stereocenters. The van der Waals surface area contributed by atoms with E-state index in [9.17, 15) is 4.79 Å². The number of aromatic amines is 1. The number of carbonyl (C=O) groups is 1. The maximum Gasteiger partial charge on any atom is 0.316 e. The smallest absolute Gasteiger partial charge is 0.316 e. The molecule has 0 saturated heterocycles. The zero-order valence-electron chi connectivity index (χ0n) is 12.0. The number of aromatic nitrogens is 3. The number of nitrogens with zero attached hydrogens (tertiary/aromatic N) is 2. The molecule has 4 rings (SSSR count). The van der Waals surface area contributed by atoms with E-state index < -0.39 is 0 Å². The minimum Gasteiger partial charge on any atom is -0.360 e. The van der Waals surface area contributed by atoms with Gasteiger partial charge in [0.15, 0.2) is 0 Å². The summed E-state index contributed by atoms with van der Waals surface area (Å²) in [6, 6.07) is 8.10. The highest BCUT2D eigenvalue weighted by Gasteiger charge is 2.22. The number of hydrogen-bond donors (Lipinski definition) is 2. The molecule has 22 heavy (non-hydrogen) atoms. The SMILES string of the molecule is O=C(NC1CCCC1)c1nc(-c2c[nH]c3ccccc23)no1. The Bertz CT molecular complexity index is 814. The molecule has 1 amide bonds. The van der Waals surface area contributed by atoms with Crippen LogP contribution in [0.25, 0.3) is 22.3 Å². The lowest BCUT2D eigenvalue weighted by molar-refractivity contribution is 0.0893. The van der Waals surface area contributed by atoms with Crippen molar-refractivity contribution in [1.29, 1.82) is 0 Å². The number of amides is 1. The number of fused-ring (bicyclic) bond motifs is 1. The number of carbonyl (C=O) groups excluding carboxylic acids is 1. The van der Waals surface area contributed by atoms with Crippen molar-refractivity contribution < 1.29 is 9.32 Å². The molecule has 0 bridgehead atoms. The number of rotatable bonds is 3. The van der Waals surface area contributed by atoms with Crippen LogP contribution in [0.1, 0.15) is 36.4 Å². The van der Waals surface area contributed by atoms with Crippen LogP contribution in [0.3, 0.4) is 0 Å². The summed E-state index contributed by atoms with van der Waals surface area (Å²) in [4.78, 5) is 19.5. The van der Waals surface area contributed by atoms with Crippen molar-refractivity contribution in [2.45, 2.75) is 31.7 Å². The van der Waals surface area contributed by atoms with Crippen molar-refractivity contribution in [2.24, 2.45) is 0 Å². The first kappa shape index (κ1) is 13.1. The molecule has 1 fully saturated rings. The Morgan fingerprint density at radius 3 is 2.95 bits per heavy atom. The second-order valence-corrected chi connectivity index (χ2v) is 5.63. The summed E-state index contributed by atoms with van der Waals surface area (Å²) < 4.78 is 5.12. The van der Waals surface area contributed by atoms with E-state index in [1.807, 2.05) is 30.5 Å². The lowest BCUT2D eigenvalue weighted by atomic mass is 10.2. The molecule has 3 aromatic rings. The minimum absolute atomic E-state index is 0.0205. The van der Waals surface area contributed by atoms with Gasteiger partial charge in [-0.15, -0.1) is 0 Å². The van der Waals surface area contributed by atoms with Crippen LogP contribution in [0.2, 0.25) is 0 Å². The van der Waals surface area contributed by atoms with Crippen molar-refractivity contribution in [3.8, 4) is 11.4 Å². The van der Waals surface area contributed by atoms with E-state index in [-0.39, 0.29) is 17.8 Å². The normalized spacial score (nSPS) is 15.5. The average molecular weight is 296 g/mol. The first-order valence-corrected chi connectivity index (χ1v) is 7.52. The van der Waals surface area contributed by atoms with Gasteiger partial charge in [-0.25, -0.2) is 0 Å². The molecule has 2 N–H and O–H groups in total. The zero-order valence-corrected chi connectivity index (χ0v) is 12.0. The lowest BCUT2D eigenvalue weighted by Crippen LogP contribution is -2.32. The molecule has 2 aromatic heterocycles.